The maximum absolute atomic E-state index is 8.39. The molecule has 4 N–H and O–H groups in total. The molecule has 0 saturated carbocycles. The molecule has 0 aromatic carbocycles. The highest BCUT2D eigenvalue weighted by Gasteiger charge is 2.27. The van der Waals surface area contributed by atoms with Crippen LogP contribution in [0.25, 0.3) is 0 Å². The first-order valence-electron chi connectivity index (χ1n) is 2.07. The van der Waals surface area contributed by atoms with Crippen molar-refractivity contribution in [3.8, 4) is 0 Å². The van der Waals surface area contributed by atoms with Gasteiger partial charge in [-0.1, -0.05) is 0 Å². The zero-order chi connectivity index (χ0) is 6.78. The lowest BCUT2D eigenvalue weighted by Gasteiger charge is -2.20. The van der Waals surface area contributed by atoms with Crippen molar-refractivity contribution in [1.82, 2.24) is 0 Å². The first kappa shape index (κ1) is 7.84. The van der Waals surface area contributed by atoms with Gasteiger partial charge in [0.2, 0.25) is 5.79 Å². The van der Waals surface area contributed by atoms with Gasteiger partial charge in [-0.25, -0.2) is 0 Å². The van der Waals surface area contributed by atoms with Crippen LogP contribution in [0.15, 0.2) is 0 Å². The Labute approximate surface area is 47.0 Å². The van der Waals surface area contributed by atoms with E-state index in [1.807, 2.05) is 0 Å². The molecule has 0 aliphatic rings. The van der Waals surface area contributed by atoms with Gasteiger partial charge in [-0.15, -0.1) is 0 Å². The van der Waals surface area contributed by atoms with E-state index in [1.165, 1.54) is 0 Å². The molecule has 0 spiro atoms. The smallest absolute Gasteiger partial charge is 0.213 e. The summed E-state index contributed by atoms with van der Waals surface area (Å²) in [5.74, 6) is -2.46. The van der Waals surface area contributed by atoms with Gasteiger partial charge in [-0.05, 0) is 6.92 Å². The van der Waals surface area contributed by atoms with Crippen molar-refractivity contribution in [2.45, 2.75) is 11.9 Å². The topological polar surface area (TPSA) is 80.9 Å². The average Bonchev–Trinajstić information content (AvgIpc) is 1.67. The molecular weight excluding hydrogens is 112 g/mol. The predicted octanol–water partition coefficient (Wildman–Crippen LogP) is -2.15. The van der Waals surface area contributed by atoms with Crippen LogP contribution < -0.4 is 0 Å². The van der Waals surface area contributed by atoms with Gasteiger partial charge in [0.15, 0.2) is 0 Å². The van der Waals surface area contributed by atoms with E-state index in [2.05, 4.69) is 6.92 Å². The second-order valence-electron chi connectivity index (χ2n) is 1.55. The van der Waals surface area contributed by atoms with E-state index in [-0.39, 0.29) is 0 Å². The van der Waals surface area contributed by atoms with Crippen molar-refractivity contribution in [3.05, 3.63) is 6.92 Å². The van der Waals surface area contributed by atoms with Gasteiger partial charge in [0.05, 0.1) is 6.61 Å². The number of rotatable bonds is 2. The van der Waals surface area contributed by atoms with E-state index in [9.17, 15) is 0 Å². The molecule has 0 aromatic heterocycles. The Balaban J connectivity index is 3.71. The van der Waals surface area contributed by atoms with Crippen molar-refractivity contribution in [2.24, 2.45) is 0 Å². The molecule has 0 bridgehead atoms. The van der Waals surface area contributed by atoms with E-state index in [4.69, 9.17) is 20.4 Å². The molecule has 0 fully saturated rings. The lowest BCUT2D eigenvalue weighted by molar-refractivity contribution is -0.231. The van der Waals surface area contributed by atoms with Gasteiger partial charge in [-0.2, -0.15) is 0 Å². The quantitative estimate of drug-likeness (QED) is 0.314. The van der Waals surface area contributed by atoms with E-state index in [0.29, 0.717) is 0 Å². The van der Waals surface area contributed by atoms with Gasteiger partial charge < -0.3 is 20.4 Å². The summed E-state index contributed by atoms with van der Waals surface area (Å²) in [5, 5.41) is 33.2. The summed E-state index contributed by atoms with van der Waals surface area (Å²) in [4.78, 5) is 0. The summed E-state index contributed by atoms with van der Waals surface area (Å²) < 4.78 is 0. The van der Waals surface area contributed by atoms with Crippen molar-refractivity contribution >= 4 is 0 Å². The average molecular weight is 121 g/mol. The molecule has 49 valence electrons. The molecular formula is C4H9O4. The highest BCUT2D eigenvalue weighted by atomic mass is 16.5. The Morgan fingerprint density at radius 3 is 1.88 bits per heavy atom. The molecule has 0 aromatic rings. The molecule has 1 unspecified atom stereocenters. The molecule has 1 atom stereocenters. The number of aliphatic hydroxyl groups excluding tert-OH is 2. The Bertz CT molecular complexity index is 68.4. The monoisotopic (exact) mass is 121 g/mol. The third kappa shape index (κ3) is 1.75. The lowest BCUT2D eigenvalue weighted by atomic mass is 10.2. The molecule has 0 rings (SSSR count). The fourth-order valence-electron chi connectivity index (χ4n) is 0.105. The second-order valence-corrected chi connectivity index (χ2v) is 1.55. The Hall–Kier alpha value is -0.160. The highest BCUT2D eigenvalue weighted by Crippen LogP contribution is 2.02. The van der Waals surface area contributed by atoms with Crippen LogP contribution in [0.3, 0.4) is 0 Å². The molecule has 4 nitrogen and oxygen atoms in total. The minimum Gasteiger partial charge on any atom is -0.391 e. The van der Waals surface area contributed by atoms with Crippen LogP contribution in [-0.2, 0) is 0 Å². The summed E-state index contributed by atoms with van der Waals surface area (Å²) in [6.45, 7) is 1.96. The van der Waals surface area contributed by atoms with Gasteiger partial charge >= 0.3 is 0 Å². The van der Waals surface area contributed by atoms with Gasteiger partial charge in [0.1, 0.15) is 6.10 Å². The van der Waals surface area contributed by atoms with E-state index in [1.54, 1.807) is 0 Å². The molecule has 0 aliphatic carbocycles. The number of aliphatic hydroxyl groups is 4. The van der Waals surface area contributed by atoms with Crippen molar-refractivity contribution < 1.29 is 20.4 Å². The van der Waals surface area contributed by atoms with E-state index < -0.39 is 18.5 Å². The normalized spacial score (nSPS) is 16.1. The Morgan fingerprint density at radius 1 is 1.50 bits per heavy atom. The number of hydrogen-bond donors (Lipinski definition) is 4. The second kappa shape index (κ2) is 2.41. The van der Waals surface area contributed by atoms with Gasteiger partial charge in [0.25, 0.3) is 0 Å². The van der Waals surface area contributed by atoms with Crippen LogP contribution >= 0.6 is 0 Å². The first-order chi connectivity index (χ1) is 3.50. The lowest BCUT2D eigenvalue weighted by Crippen LogP contribution is -2.43. The fraction of sp³-hybridized carbons (Fsp3) is 0.750. The zero-order valence-corrected chi connectivity index (χ0v) is 4.28. The summed E-state index contributed by atoms with van der Waals surface area (Å²) in [5.41, 5.74) is 0. The largest absolute Gasteiger partial charge is 0.391 e. The van der Waals surface area contributed by atoms with E-state index >= 15 is 0 Å². The zero-order valence-electron chi connectivity index (χ0n) is 4.28. The van der Waals surface area contributed by atoms with Crippen LogP contribution in [0, 0.1) is 6.92 Å². The van der Waals surface area contributed by atoms with Crippen molar-refractivity contribution in [2.75, 3.05) is 6.61 Å². The van der Waals surface area contributed by atoms with Crippen LogP contribution in [0.2, 0.25) is 0 Å². The van der Waals surface area contributed by atoms with Crippen LogP contribution in [0.5, 0.6) is 0 Å². The molecule has 0 heterocycles. The van der Waals surface area contributed by atoms with Crippen LogP contribution in [-0.4, -0.2) is 38.9 Å². The Kier molecular flexibility index (Phi) is 2.36. The SMILES string of the molecule is [CH2]C(O)C(O)(O)CO. The molecule has 0 amide bonds. The summed E-state index contributed by atoms with van der Waals surface area (Å²) >= 11 is 0. The standard InChI is InChI=1S/C4H9O4/c1-3(6)4(7,8)2-5/h3,5-8H,1-2H2. The summed E-state index contributed by atoms with van der Waals surface area (Å²) in [6.07, 6.45) is -1.58. The fourth-order valence-corrected chi connectivity index (χ4v) is 0.105. The van der Waals surface area contributed by atoms with Crippen LogP contribution in [0.4, 0.5) is 0 Å². The van der Waals surface area contributed by atoms with E-state index in [0.717, 1.165) is 0 Å². The number of hydrogen-bond acceptors (Lipinski definition) is 4. The summed E-state index contributed by atoms with van der Waals surface area (Å²) in [7, 11) is 0. The highest BCUT2D eigenvalue weighted by molar-refractivity contribution is 4.74. The summed E-state index contributed by atoms with van der Waals surface area (Å²) in [6, 6.07) is 0. The molecule has 8 heavy (non-hydrogen) atoms. The third-order valence-electron chi connectivity index (χ3n) is 0.766. The minimum absolute atomic E-state index is 0.919. The predicted molar refractivity (Wildman–Crippen MR) is 25.6 cm³/mol. The molecule has 0 saturated heterocycles. The van der Waals surface area contributed by atoms with Crippen molar-refractivity contribution in [1.29, 1.82) is 0 Å². The maximum Gasteiger partial charge on any atom is 0.213 e. The molecule has 1 radical (unpaired) electrons. The maximum atomic E-state index is 8.39. The van der Waals surface area contributed by atoms with Gasteiger partial charge in [0, 0.05) is 0 Å². The van der Waals surface area contributed by atoms with Crippen molar-refractivity contribution in [3.63, 3.8) is 0 Å². The Morgan fingerprint density at radius 2 is 1.88 bits per heavy atom. The molecule has 0 aliphatic heterocycles. The minimum atomic E-state index is -2.46. The van der Waals surface area contributed by atoms with Crippen LogP contribution in [0.1, 0.15) is 0 Å². The van der Waals surface area contributed by atoms with Gasteiger partial charge in [-0.3, -0.25) is 0 Å². The third-order valence-corrected chi connectivity index (χ3v) is 0.766. The first-order valence-corrected chi connectivity index (χ1v) is 2.07. The molecule has 4 heteroatoms.